The van der Waals surface area contributed by atoms with Crippen molar-refractivity contribution < 1.29 is 14.3 Å². The van der Waals surface area contributed by atoms with Gasteiger partial charge in [0, 0.05) is 17.6 Å². The average molecular weight is 304 g/mol. The lowest BCUT2D eigenvalue weighted by atomic mass is 10.2. The maximum absolute atomic E-state index is 13.3. The molecule has 0 aromatic heterocycles. The van der Waals surface area contributed by atoms with Gasteiger partial charge in [0.05, 0.1) is 5.56 Å². The van der Waals surface area contributed by atoms with E-state index in [1.807, 2.05) is 0 Å². The molecular formula is C12H15BrFNO2. The molecule has 0 fully saturated rings. The molecule has 5 heteroatoms. The number of halogens is 2. The summed E-state index contributed by atoms with van der Waals surface area (Å²) in [6, 6.07) is 4.26. The largest absolute Gasteiger partial charge is 0.396 e. The Hall–Kier alpha value is -0.940. The summed E-state index contributed by atoms with van der Waals surface area (Å²) in [6.07, 6.45) is 2.35. The normalized spacial score (nSPS) is 10.3. The van der Waals surface area contributed by atoms with Crippen LogP contribution in [0.1, 0.15) is 29.6 Å². The van der Waals surface area contributed by atoms with Gasteiger partial charge in [-0.25, -0.2) is 4.39 Å². The van der Waals surface area contributed by atoms with Crippen LogP contribution < -0.4 is 5.32 Å². The van der Waals surface area contributed by atoms with Crippen LogP contribution in [0, 0.1) is 5.82 Å². The van der Waals surface area contributed by atoms with Gasteiger partial charge in [-0.1, -0.05) is 15.9 Å². The SMILES string of the molecule is O=C(NCCCCCO)c1cc(Br)ccc1F. The summed E-state index contributed by atoms with van der Waals surface area (Å²) in [6.45, 7) is 0.652. The van der Waals surface area contributed by atoms with E-state index in [1.165, 1.54) is 12.1 Å². The van der Waals surface area contributed by atoms with Gasteiger partial charge >= 0.3 is 0 Å². The Morgan fingerprint density at radius 2 is 2.12 bits per heavy atom. The molecule has 1 aromatic carbocycles. The maximum atomic E-state index is 13.3. The number of carbonyl (C=O) groups is 1. The molecule has 3 nitrogen and oxygen atoms in total. The van der Waals surface area contributed by atoms with Crippen LogP contribution in [0.3, 0.4) is 0 Å². The zero-order chi connectivity index (χ0) is 12.7. The Bertz CT molecular complexity index is 385. The summed E-state index contributed by atoms with van der Waals surface area (Å²) in [5, 5.41) is 11.2. The lowest BCUT2D eigenvalue weighted by Gasteiger charge is -2.06. The van der Waals surface area contributed by atoms with Crippen LogP contribution in [0.2, 0.25) is 0 Å². The molecule has 1 amide bonds. The van der Waals surface area contributed by atoms with Crippen LogP contribution >= 0.6 is 15.9 Å². The Kier molecular flexibility index (Phi) is 6.15. The second-order valence-electron chi connectivity index (χ2n) is 3.66. The zero-order valence-corrected chi connectivity index (χ0v) is 11.0. The molecule has 0 spiro atoms. The molecule has 0 aliphatic heterocycles. The number of hydrogen-bond donors (Lipinski definition) is 2. The van der Waals surface area contributed by atoms with E-state index in [4.69, 9.17) is 5.11 Å². The first-order chi connectivity index (χ1) is 8.15. The van der Waals surface area contributed by atoms with Crippen LogP contribution in [0.15, 0.2) is 22.7 Å². The van der Waals surface area contributed by atoms with Gasteiger partial charge < -0.3 is 10.4 Å². The highest BCUT2D eigenvalue weighted by Crippen LogP contribution is 2.15. The number of nitrogens with one attached hydrogen (secondary N) is 1. The van der Waals surface area contributed by atoms with Crippen molar-refractivity contribution >= 4 is 21.8 Å². The van der Waals surface area contributed by atoms with Gasteiger partial charge in [0.15, 0.2) is 0 Å². The molecule has 0 saturated carbocycles. The van der Waals surface area contributed by atoms with Crippen molar-refractivity contribution in [1.29, 1.82) is 0 Å². The Balaban J connectivity index is 2.44. The summed E-state index contributed by atoms with van der Waals surface area (Å²) < 4.78 is 14.0. The molecule has 0 heterocycles. The zero-order valence-electron chi connectivity index (χ0n) is 9.38. The van der Waals surface area contributed by atoms with Gasteiger partial charge in [-0.05, 0) is 37.5 Å². The van der Waals surface area contributed by atoms with Crippen LogP contribution in [0.4, 0.5) is 4.39 Å². The predicted molar refractivity (Wildman–Crippen MR) is 67.4 cm³/mol. The predicted octanol–water partition coefficient (Wildman–Crippen LogP) is 2.48. The smallest absolute Gasteiger partial charge is 0.254 e. The first kappa shape index (κ1) is 14.1. The van der Waals surface area contributed by atoms with Crippen LogP contribution in [0.5, 0.6) is 0 Å². The Morgan fingerprint density at radius 1 is 1.35 bits per heavy atom. The van der Waals surface area contributed by atoms with Gasteiger partial charge in [0.25, 0.3) is 5.91 Å². The number of benzene rings is 1. The lowest BCUT2D eigenvalue weighted by Crippen LogP contribution is -2.25. The number of hydrogen-bond acceptors (Lipinski definition) is 2. The summed E-state index contributed by atoms with van der Waals surface area (Å²) >= 11 is 3.19. The van der Waals surface area contributed by atoms with Gasteiger partial charge in [0.1, 0.15) is 5.82 Å². The van der Waals surface area contributed by atoms with E-state index >= 15 is 0 Å². The topological polar surface area (TPSA) is 49.3 Å². The third kappa shape index (κ3) is 4.83. The van der Waals surface area contributed by atoms with Gasteiger partial charge in [-0.3, -0.25) is 4.79 Å². The van der Waals surface area contributed by atoms with E-state index in [1.54, 1.807) is 6.07 Å². The number of amides is 1. The third-order valence-corrected chi connectivity index (χ3v) is 2.79. The molecule has 17 heavy (non-hydrogen) atoms. The quantitative estimate of drug-likeness (QED) is 0.793. The molecule has 0 atom stereocenters. The van der Waals surface area contributed by atoms with Crippen molar-refractivity contribution in [1.82, 2.24) is 5.32 Å². The maximum Gasteiger partial charge on any atom is 0.254 e. The second-order valence-corrected chi connectivity index (χ2v) is 4.58. The summed E-state index contributed by atoms with van der Waals surface area (Å²) in [5.74, 6) is -0.936. The molecule has 0 aliphatic carbocycles. The molecule has 1 rings (SSSR count). The molecule has 0 saturated heterocycles. The fourth-order valence-electron chi connectivity index (χ4n) is 1.38. The molecule has 0 radical (unpaired) electrons. The minimum atomic E-state index is -0.527. The number of carbonyl (C=O) groups excluding carboxylic acids is 1. The standard InChI is InChI=1S/C12H15BrFNO2/c13-9-4-5-11(14)10(8-9)12(17)15-6-2-1-3-7-16/h4-5,8,16H,1-3,6-7H2,(H,15,17). The van der Waals surface area contributed by atoms with Crippen molar-refractivity contribution in [2.45, 2.75) is 19.3 Å². The first-order valence-electron chi connectivity index (χ1n) is 5.49. The fourth-order valence-corrected chi connectivity index (χ4v) is 1.74. The molecule has 1 aromatic rings. The molecule has 0 aliphatic rings. The van der Waals surface area contributed by atoms with Crippen molar-refractivity contribution in [3.05, 3.63) is 34.1 Å². The second kappa shape index (κ2) is 7.40. The highest BCUT2D eigenvalue weighted by molar-refractivity contribution is 9.10. The van der Waals surface area contributed by atoms with Gasteiger partial charge in [-0.15, -0.1) is 0 Å². The van der Waals surface area contributed by atoms with Crippen LogP contribution in [-0.2, 0) is 0 Å². The van der Waals surface area contributed by atoms with E-state index in [0.29, 0.717) is 11.0 Å². The minimum absolute atomic E-state index is 0.0431. The van der Waals surface area contributed by atoms with Gasteiger partial charge in [0.2, 0.25) is 0 Å². The van der Waals surface area contributed by atoms with Crippen LogP contribution in [0.25, 0.3) is 0 Å². The van der Waals surface area contributed by atoms with Gasteiger partial charge in [-0.2, -0.15) is 0 Å². The van der Waals surface area contributed by atoms with Crippen molar-refractivity contribution in [2.24, 2.45) is 0 Å². The molecule has 0 unspecified atom stereocenters. The number of aliphatic hydroxyl groups is 1. The summed E-state index contributed by atoms with van der Waals surface area (Å²) in [5.41, 5.74) is 0.0431. The Morgan fingerprint density at radius 3 is 2.82 bits per heavy atom. The van der Waals surface area contributed by atoms with E-state index in [9.17, 15) is 9.18 Å². The van der Waals surface area contributed by atoms with Crippen molar-refractivity contribution in [2.75, 3.05) is 13.2 Å². The molecule has 94 valence electrons. The van der Waals surface area contributed by atoms with Crippen LogP contribution in [-0.4, -0.2) is 24.2 Å². The Labute approximate surface area is 108 Å². The van der Waals surface area contributed by atoms with E-state index in [-0.39, 0.29) is 12.2 Å². The highest BCUT2D eigenvalue weighted by Gasteiger charge is 2.11. The summed E-state index contributed by atoms with van der Waals surface area (Å²) in [4.78, 5) is 11.6. The van der Waals surface area contributed by atoms with E-state index in [0.717, 1.165) is 19.3 Å². The summed E-state index contributed by atoms with van der Waals surface area (Å²) in [7, 11) is 0. The fraction of sp³-hybridized carbons (Fsp3) is 0.417. The highest BCUT2D eigenvalue weighted by atomic mass is 79.9. The number of rotatable bonds is 6. The van der Waals surface area contributed by atoms with E-state index in [2.05, 4.69) is 21.2 Å². The van der Waals surface area contributed by atoms with Crippen molar-refractivity contribution in [3.63, 3.8) is 0 Å². The lowest BCUT2D eigenvalue weighted by molar-refractivity contribution is 0.0949. The number of unbranched alkanes of at least 4 members (excludes halogenated alkanes) is 2. The molecular weight excluding hydrogens is 289 g/mol. The van der Waals surface area contributed by atoms with E-state index < -0.39 is 11.7 Å². The average Bonchev–Trinajstić information content (AvgIpc) is 2.32. The minimum Gasteiger partial charge on any atom is -0.396 e. The third-order valence-electron chi connectivity index (χ3n) is 2.29. The first-order valence-corrected chi connectivity index (χ1v) is 6.28. The monoisotopic (exact) mass is 303 g/mol. The van der Waals surface area contributed by atoms with Crippen molar-refractivity contribution in [3.8, 4) is 0 Å². The number of aliphatic hydroxyl groups excluding tert-OH is 1. The molecule has 0 bridgehead atoms. The molecule has 2 N–H and O–H groups in total.